The minimum absolute atomic E-state index is 0.462. The average molecular weight is 176 g/mol. The first-order chi connectivity index (χ1) is 6.27. The number of hydrogen-bond donors (Lipinski definition) is 1. The van der Waals surface area contributed by atoms with E-state index in [1.54, 1.807) is 7.11 Å². The van der Waals surface area contributed by atoms with Crippen LogP contribution in [0, 0.1) is 11.3 Å². The lowest BCUT2D eigenvalue weighted by molar-refractivity contribution is 0.409. The molecule has 1 aromatic rings. The van der Waals surface area contributed by atoms with Crippen molar-refractivity contribution in [2.75, 3.05) is 7.11 Å². The molecule has 0 amide bonds. The van der Waals surface area contributed by atoms with Crippen LogP contribution in [0.4, 0.5) is 0 Å². The fourth-order valence-electron chi connectivity index (χ4n) is 1.15. The number of nitrogens with two attached hydrogens (primary N) is 1. The molecule has 0 heterocycles. The van der Waals surface area contributed by atoms with E-state index in [0.29, 0.717) is 6.42 Å². The minimum atomic E-state index is -0.462. The Kier molecular flexibility index (Phi) is 3.30. The summed E-state index contributed by atoms with van der Waals surface area (Å²) in [5.41, 5.74) is 6.48. The van der Waals surface area contributed by atoms with Gasteiger partial charge >= 0.3 is 0 Å². The van der Waals surface area contributed by atoms with Crippen LogP contribution in [0.3, 0.4) is 0 Å². The Morgan fingerprint density at radius 2 is 2.23 bits per heavy atom. The van der Waals surface area contributed by atoms with E-state index in [1.165, 1.54) is 0 Å². The molecule has 0 radical (unpaired) electrons. The quantitative estimate of drug-likeness (QED) is 0.749. The van der Waals surface area contributed by atoms with Crippen molar-refractivity contribution in [2.45, 2.75) is 12.5 Å². The lowest BCUT2D eigenvalue weighted by Gasteiger charge is -2.08. The topological polar surface area (TPSA) is 59.0 Å². The first kappa shape index (κ1) is 9.56. The molecule has 0 saturated heterocycles. The van der Waals surface area contributed by atoms with Gasteiger partial charge in [-0.3, -0.25) is 0 Å². The average Bonchev–Trinajstić information content (AvgIpc) is 2.18. The lowest BCUT2D eigenvalue weighted by Crippen LogP contribution is -2.20. The van der Waals surface area contributed by atoms with E-state index in [0.717, 1.165) is 11.3 Å². The first-order valence-electron chi connectivity index (χ1n) is 4.05. The molecule has 0 fully saturated rings. The SMILES string of the molecule is COc1ccccc1C[C@H](N)C#N. The molecule has 0 aliphatic heterocycles. The molecule has 3 heteroatoms. The van der Waals surface area contributed by atoms with Crippen LogP contribution in [0.25, 0.3) is 0 Å². The first-order valence-corrected chi connectivity index (χ1v) is 4.05. The highest BCUT2D eigenvalue weighted by Gasteiger charge is 2.06. The zero-order valence-electron chi connectivity index (χ0n) is 7.53. The van der Waals surface area contributed by atoms with Crippen molar-refractivity contribution in [3.8, 4) is 11.8 Å². The minimum Gasteiger partial charge on any atom is -0.496 e. The summed E-state index contributed by atoms with van der Waals surface area (Å²) < 4.78 is 5.13. The van der Waals surface area contributed by atoms with Crippen molar-refractivity contribution in [1.82, 2.24) is 0 Å². The third-order valence-corrected chi connectivity index (χ3v) is 1.80. The molecule has 0 saturated carbocycles. The van der Waals surface area contributed by atoms with Crippen molar-refractivity contribution in [3.63, 3.8) is 0 Å². The molecule has 1 rings (SSSR count). The van der Waals surface area contributed by atoms with E-state index >= 15 is 0 Å². The second-order valence-corrected chi connectivity index (χ2v) is 2.75. The molecule has 0 aromatic heterocycles. The summed E-state index contributed by atoms with van der Waals surface area (Å²) in [4.78, 5) is 0. The van der Waals surface area contributed by atoms with E-state index in [2.05, 4.69) is 0 Å². The predicted octanol–water partition coefficient (Wildman–Crippen LogP) is 1.09. The summed E-state index contributed by atoms with van der Waals surface area (Å²) in [6, 6.07) is 9.09. The van der Waals surface area contributed by atoms with E-state index in [-0.39, 0.29) is 0 Å². The fourth-order valence-corrected chi connectivity index (χ4v) is 1.15. The van der Waals surface area contributed by atoms with Gasteiger partial charge < -0.3 is 10.5 Å². The van der Waals surface area contributed by atoms with Crippen molar-refractivity contribution in [2.24, 2.45) is 5.73 Å². The molecule has 1 atom stereocenters. The van der Waals surface area contributed by atoms with Gasteiger partial charge in [0.2, 0.25) is 0 Å². The van der Waals surface area contributed by atoms with Gasteiger partial charge in [-0.2, -0.15) is 5.26 Å². The molecule has 0 bridgehead atoms. The molecule has 0 aliphatic rings. The zero-order valence-corrected chi connectivity index (χ0v) is 7.53. The van der Waals surface area contributed by atoms with Gasteiger partial charge in [-0.1, -0.05) is 18.2 Å². The summed E-state index contributed by atoms with van der Waals surface area (Å²) in [6.07, 6.45) is 0.528. The smallest absolute Gasteiger partial charge is 0.122 e. The predicted molar refractivity (Wildman–Crippen MR) is 50.3 cm³/mol. The maximum atomic E-state index is 8.54. The molecule has 0 spiro atoms. The summed E-state index contributed by atoms with van der Waals surface area (Å²) in [6.45, 7) is 0. The third-order valence-electron chi connectivity index (χ3n) is 1.80. The summed E-state index contributed by atoms with van der Waals surface area (Å²) in [5, 5.41) is 8.54. The second-order valence-electron chi connectivity index (χ2n) is 2.75. The number of methoxy groups -OCH3 is 1. The number of para-hydroxylation sites is 1. The van der Waals surface area contributed by atoms with Gasteiger partial charge in [-0.15, -0.1) is 0 Å². The van der Waals surface area contributed by atoms with Crippen LogP contribution in [-0.4, -0.2) is 13.2 Å². The Morgan fingerprint density at radius 1 is 1.54 bits per heavy atom. The third kappa shape index (κ3) is 2.46. The standard InChI is InChI=1S/C10H12N2O/c1-13-10-5-3-2-4-8(10)6-9(12)7-11/h2-5,9H,6,12H2,1H3/t9-/m0/s1. The van der Waals surface area contributed by atoms with E-state index in [1.807, 2.05) is 30.3 Å². The van der Waals surface area contributed by atoms with Crippen LogP contribution >= 0.6 is 0 Å². The molecular weight excluding hydrogens is 164 g/mol. The number of nitrogens with zero attached hydrogens (tertiary/aromatic N) is 1. The zero-order chi connectivity index (χ0) is 9.68. The summed E-state index contributed by atoms with van der Waals surface area (Å²) in [5.74, 6) is 0.785. The number of rotatable bonds is 3. The van der Waals surface area contributed by atoms with Crippen LogP contribution < -0.4 is 10.5 Å². The molecule has 0 aliphatic carbocycles. The normalized spacial score (nSPS) is 11.8. The Hall–Kier alpha value is -1.53. The second kappa shape index (κ2) is 4.48. The van der Waals surface area contributed by atoms with Crippen molar-refractivity contribution in [3.05, 3.63) is 29.8 Å². The molecule has 1 aromatic carbocycles. The molecule has 3 nitrogen and oxygen atoms in total. The highest BCUT2D eigenvalue weighted by molar-refractivity contribution is 5.34. The van der Waals surface area contributed by atoms with Crippen molar-refractivity contribution in [1.29, 1.82) is 5.26 Å². The van der Waals surface area contributed by atoms with E-state index in [9.17, 15) is 0 Å². The summed E-state index contributed by atoms with van der Waals surface area (Å²) in [7, 11) is 1.61. The monoisotopic (exact) mass is 176 g/mol. The van der Waals surface area contributed by atoms with Crippen LogP contribution in [0.2, 0.25) is 0 Å². The van der Waals surface area contributed by atoms with Gasteiger partial charge in [-0.05, 0) is 11.6 Å². The van der Waals surface area contributed by atoms with Crippen molar-refractivity contribution >= 4 is 0 Å². The number of ether oxygens (including phenoxy) is 1. The molecule has 2 N–H and O–H groups in total. The maximum Gasteiger partial charge on any atom is 0.122 e. The van der Waals surface area contributed by atoms with Crippen LogP contribution in [-0.2, 0) is 6.42 Å². The number of nitriles is 1. The maximum absolute atomic E-state index is 8.54. The highest BCUT2D eigenvalue weighted by Crippen LogP contribution is 2.18. The number of hydrogen-bond acceptors (Lipinski definition) is 3. The Balaban J connectivity index is 2.82. The Bertz CT molecular complexity index is 317. The lowest BCUT2D eigenvalue weighted by atomic mass is 10.1. The van der Waals surface area contributed by atoms with Gasteiger partial charge in [-0.25, -0.2) is 0 Å². The van der Waals surface area contributed by atoms with Gasteiger partial charge in [0, 0.05) is 6.42 Å². The van der Waals surface area contributed by atoms with Crippen LogP contribution in [0.5, 0.6) is 5.75 Å². The van der Waals surface area contributed by atoms with E-state index < -0.39 is 6.04 Å². The highest BCUT2D eigenvalue weighted by atomic mass is 16.5. The van der Waals surface area contributed by atoms with Gasteiger partial charge in [0.05, 0.1) is 19.2 Å². The van der Waals surface area contributed by atoms with Gasteiger partial charge in [0.15, 0.2) is 0 Å². The van der Waals surface area contributed by atoms with Gasteiger partial charge in [0.25, 0.3) is 0 Å². The number of benzene rings is 1. The van der Waals surface area contributed by atoms with Crippen molar-refractivity contribution < 1.29 is 4.74 Å². The van der Waals surface area contributed by atoms with Gasteiger partial charge in [0.1, 0.15) is 5.75 Å². The molecule has 68 valence electrons. The summed E-state index contributed by atoms with van der Waals surface area (Å²) >= 11 is 0. The molecular formula is C10H12N2O. The fraction of sp³-hybridized carbons (Fsp3) is 0.300. The van der Waals surface area contributed by atoms with Crippen LogP contribution in [0.1, 0.15) is 5.56 Å². The Labute approximate surface area is 77.7 Å². The van der Waals surface area contributed by atoms with E-state index in [4.69, 9.17) is 15.7 Å². The largest absolute Gasteiger partial charge is 0.496 e. The molecule has 0 unspecified atom stereocenters. The van der Waals surface area contributed by atoms with Crippen LogP contribution in [0.15, 0.2) is 24.3 Å². The Morgan fingerprint density at radius 3 is 2.85 bits per heavy atom. The molecule has 13 heavy (non-hydrogen) atoms.